The first kappa shape index (κ1) is 12.9. The maximum absolute atomic E-state index is 4.89. The van der Waals surface area contributed by atoms with Gasteiger partial charge in [-0.05, 0) is 30.3 Å². The van der Waals surface area contributed by atoms with E-state index in [-0.39, 0.29) is 0 Å². The second-order valence-electron chi connectivity index (χ2n) is 6.40. The Balaban J connectivity index is 1.83. The third-order valence-electron chi connectivity index (χ3n) is 4.98. The summed E-state index contributed by atoms with van der Waals surface area (Å²) in [5.41, 5.74) is 6.07. The van der Waals surface area contributed by atoms with Crippen LogP contribution in [0.15, 0.2) is 72.8 Å². The molecule has 0 amide bonds. The first-order valence-corrected chi connectivity index (χ1v) is 8.37. The lowest BCUT2D eigenvalue weighted by molar-refractivity contribution is 1.41. The number of rotatable bonds is 0. The van der Waals surface area contributed by atoms with Crippen LogP contribution in [0.25, 0.3) is 54.6 Å². The van der Waals surface area contributed by atoms with Gasteiger partial charge in [0.15, 0.2) is 0 Å². The molecule has 3 nitrogen and oxygen atoms in total. The van der Waals surface area contributed by atoms with E-state index in [4.69, 9.17) is 9.97 Å². The molecule has 6 aromatic rings. The third kappa shape index (κ3) is 1.69. The molecule has 25 heavy (non-hydrogen) atoms. The second kappa shape index (κ2) is 4.54. The zero-order valence-corrected chi connectivity index (χ0v) is 13.3. The minimum atomic E-state index is 0.930. The van der Waals surface area contributed by atoms with Crippen molar-refractivity contribution in [2.75, 3.05) is 0 Å². The number of H-pyrrole nitrogens is 1. The average molecular weight is 319 g/mol. The Bertz CT molecular complexity index is 1440. The molecule has 0 unspecified atom stereocenters. The number of fused-ring (bicyclic) bond motifs is 8. The number of nitrogens with zero attached hydrogens (tertiary/aromatic N) is 2. The van der Waals surface area contributed by atoms with E-state index in [0.29, 0.717) is 0 Å². The predicted molar refractivity (Wildman–Crippen MR) is 104 cm³/mol. The highest BCUT2D eigenvalue weighted by molar-refractivity contribution is 6.21. The summed E-state index contributed by atoms with van der Waals surface area (Å²) in [5.74, 6) is 0. The van der Waals surface area contributed by atoms with Gasteiger partial charge < -0.3 is 4.98 Å². The van der Waals surface area contributed by atoms with Gasteiger partial charge >= 0.3 is 0 Å². The lowest BCUT2D eigenvalue weighted by Gasteiger charge is -2.06. The molecule has 4 aromatic carbocycles. The Labute approximate surface area is 142 Å². The van der Waals surface area contributed by atoms with Crippen LogP contribution in [0.3, 0.4) is 0 Å². The van der Waals surface area contributed by atoms with Crippen molar-refractivity contribution in [3.05, 3.63) is 72.8 Å². The fraction of sp³-hybridized carbons (Fsp3) is 0. The average Bonchev–Trinajstić information content (AvgIpc) is 3.05. The van der Waals surface area contributed by atoms with Crippen LogP contribution in [-0.2, 0) is 0 Å². The number of para-hydroxylation sites is 3. The van der Waals surface area contributed by atoms with E-state index in [0.717, 1.165) is 38.5 Å². The zero-order chi connectivity index (χ0) is 16.4. The maximum Gasteiger partial charge on any atom is 0.0973 e. The minimum absolute atomic E-state index is 0.930. The summed E-state index contributed by atoms with van der Waals surface area (Å²) in [6, 6.07) is 25.0. The van der Waals surface area contributed by atoms with Crippen molar-refractivity contribution >= 4 is 54.6 Å². The highest BCUT2D eigenvalue weighted by Gasteiger charge is 2.11. The van der Waals surface area contributed by atoms with Crippen molar-refractivity contribution in [1.82, 2.24) is 15.0 Å². The number of hydrogen-bond donors (Lipinski definition) is 1. The number of nitrogens with one attached hydrogen (secondary N) is 1. The van der Waals surface area contributed by atoms with Gasteiger partial charge in [-0.1, -0.05) is 42.5 Å². The molecule has 0 atom stereocenters. The molecule has 0 bridgehead atoms. The van der Waals surface area contributed by atoms with Gasteiger partial charge in [0, 0.05) is 27.1 Å². The Kier molecular flexibility index (Phi) is 2.35. The lowest BCUT2D eigenvalue weighted by atomic mass is 10.0. The fourth-order valence-corrected chi connectivity index (χ4v) is 3.81. The van der Waals surface area contributed by atoms with E-state index in [1.807, 2.05) is 24.3 Å². The van der Waals surface area contributed by atoms with Gasteiger partial charge in [0.05, 0.1) is 27.6 Å². The van der Waals surface area contributed by atoms with E-state index >= 15 is 0 Å². The lowest BCUT2D eigenvalue weighted by Crippen LogP contribution is -1.89. The van der Waals surface area contributed by atoms with Gasteiger partial charge in [0.1, 0.15) is 0 Å². The monoisotopic (exact) mass is 319 g/mol. The van der Waals surface area contributed by atoms with Crippen molar-refractivity contribution < 1.29 is 0 Å². The van der Waals surface area contributed by atoms with Gasteiger partial charge in [-0.25, -0.2) is 9.97 Å². The highest BCUT2D eigenvalue weighted by Crippen LogP contribution is 2.34. The summed E-state index contributed by atoms with van der Waals surface area (Å²) < 4.78 is 0. The molecule has 0 radical (unpaired) electrons. The van der Waals surface area contributed by atoms with Gasteiger partial charge in [-0.15, -0.1) is 0 Å². The van der Waals surface area contributed by atoms with E-state index < -0.39 is 0 Å². The van der Waals surface area contributed by atoms with E-state index in [1.54, 1.807) is 0 Å². The van der Waals surface area contributed by atoms with Gasteiger partial charge in [-0.3, -0.25) is 0 Å². The first-order chi connectivity index (χ1) is 12.4. The van der Waals surface area contributed by atoms with Crippen LogP contribution in [0, 0.1) is 0 Å². The van der Waals surface area contributed by atoms with Crippen LogP contribution in [0.4, 0.5) is 0 Å². The molecule has 1 N–H and O–H groups in total. The quantitative estimate of drug-likeness (QED) is 0.294. The Morgan fingerprint density at radius 2 is 1.20 bits per heavy atom. The molecule has 2 heterocycles. The van der Waals surface area contributed by atoms with Gasteiger partial charge in [0.25, 0.3) is 0 Å². The predicted octanol–water partition coefficient (Wildman–Crippen LogP) is 5.57. The third-order valence-corrected chi connectivity index (χ3v) is 4.98. The molecule has 6 rings (SSSR count). The number of hydrogen-bond acceptors (Lipinski definition) is 2. The summed E-state index contributed by atoms with van der Waals surface area (Å²) in [6.07, 6.45) is 0. The Morgan fingerprint density at radius 3 is 2.12 bits per heavy atom. The smallest absolute Gasteiger partial charge is 0.0973 e. The number of aromatic nitrogens is 3. The second-order valence-corrected chi connectivity index (χ2v) is 6.40. The molecule has 0 fully saturated rings. The van der Waals surface area contributed by atoms with E-state index in [2.05, 4.69) is 53.5 Å². The van der Waals surface area contributed by atoms with Crippen LogP contribution < -0.4 is 0 Å². The molecule has 0 aliphatic heterocycles. The first-order valence-electron chi connectivity index (χ1n) is 8.37. The topological polar surface area (TPSA) is 41.6 Å². The summed E-state index contributed by atoms with van der Waals surface area (Å²) in [7, 11) is 0. The standard InChI is InChI=1S/C22H13N3/c1-2-6-17-13(5-1)14-9-10-16-15(21(14)24-17)11-12-20-22(16)25-19-8-4-3-7-18(19)23-20/h1-12,24H. The van der Waals surface area contributed by atoms with Crippen molar-refractivity contribution in [3.63, 3.8) is 0 Å². The Hall–Kier alpha value is -3.46. The summed E-state index contributed by atoms with van der Waals surface area (Å²) in [5, 5.41) is 4.82. The minimum Gasteiger partial charge on any atom is -0.354 e. The zero-order valence-electron chi connectivity index (χ0n) is 13.3. The van der Waals surface area contributed by atoms with Gasteiger partial charge in [-0.2, -0.15) is 0 Å². The van der Waals surface area contributed by atoms with Crippen molar-refractivity contribution in [2.24, 2.45) is 0 Å². The molecule has 0 saturated heterocycles. The maximum atomic E-state index is 4.89. The van der Waals surface area contributed by atoms with Crippen LogP contribution in [0.1, 0.15) is 0 Å². The molecule has 0 saturated carbocycles. The van der Waals surface area contributed by atoms with E-state index in [9.17, 15) is 0 Å². The number of benzene rings is 4. The van der Waals surface area contributed by atoms with Crippen LogP contribution in [-0.4, -0.2) is 15.0 Å². The van der Waals surface area contributed by atoms with Crippen molar-refractivity contribution in [2.45, 2.75) is 0 Å². The fourth-order valence-electron chi connectivity index (χ4n) is 3.81. The molecule has 2 aromatic heterocycles. The van der Waals surface area contributed by atoms with Crippen molar-refractivity contribution in [1.29, 1.82) is 0 Å². The number of aromatic amines is 1. The summed E-state index contributed by atoms with van der Waals surface area (Å²) in [6.45, 7) is 0. The Morgan fingerprint density at radius 1 is 0.520 bits per heavy atom. The molecular formula is C22H13N3. The van der Waals surface area contributed by atoms with Crippen LogP contribution >= 0.6 is 0 Å². The summed E-state index contributed by atoms with van der Waals surface area (Å²) in [4.78, 5) is 13.2. The summed E-state index contributed by atoms with van der Waals surface area (Å²) >= 11 is 0. The molecule has 0 aliphatic carbocycles. The highest BCUT2D eigenvalue weighted by atomic mass is 14.8. The molecular weight excluding hydrogens is 306 g/mol. The van der Waals surface area contributed by atoms with Crippen molar-refractivity contribution in [3.8, 4) is 0 Å². The van der Waals surface area contributed by atoms with E-state index in [1.165, 1.54) is 16.2 Å². The van der Waals surface area contributed by atoms with Crippen LogP contribution in [0.5, 0.6) is 0 Å². The molecule has 116 valence electrons. The SMILES string of the molecule is c1ccc2nc3c(ccc4c3ccc3c5ccccc5[nH]c34)nc2c1. The van der Waals surface area contributed by atoms with Crippen LogP contribution in [0.2, 0.25) is 0 Å². The normalized spacial score (nSPS) is 12.0. The molecule has 0 aliphatic rings. The molecule has 0 spiro atoms. The van der Waals surface area contributed by atoms with Gasteiger partial charge in [0.2, 0.25) is 0 Å². The molecule has 3 heteroatoms. The largest absolute Gasteiger partial charge is 0.354 e.